The lowest BCUT2D eigenvalue weighted by Gasteiger charge is -2.33. The minimum absolute atomic E-state index is 0.238. The molecule has 0 saturated carbocycles. The van der Waals surface area contributed by atoms with E-state index >= 15 is 0 Å². The Balaban J connectivity index is 4.08. The van der Waals surface area contributed by atoms with Crippen molar-refractivity contribution in [2.45, 2.75) is 53.6 Å². The normalized spacial score (nSPS) is 17.5. The lowest BCUT2D eigenvalue weighted by Crippen LogP contribution is -2.42. The van der Waals surface area contributed by atoms with Crippen molar-refractivity contribution < 1.29 is 5.21 Å². The second-order valence-electron chi connectivity index (χ2n) is 4.35. The molecule has 0 aliphatic heterocycles. The Labute approximate surface area is 76.5 Å². The van der Waals surface area contributed by atoms with E-state index in [1.54, 1.807) is 0 Å². The molecule has 2 nitrogen and oxygen atoms in total. The highest BCUT2D eigenvalue weighted by Crippen LogP contribution is 2.15. The first kappa shape index (κ1) is 11.9. The molecule has 2 atom stereocenters. The smallest absolute Gasteiger partial charge is 0.0348 e. The van der Waals surface area contributed by atoms with Crippen molar-refractivity contribution in [1.29, 1.82) is 0 Å². The molecule has 0 aliphatic rings. The number of hydrogen-bond acceptors (Lipinski definition) is 2. The van der Waals surface area contributed by atoms with Crippen LogP contribution in [0.15, 0.2) is 0 Å². The Bertz CT molecular complexity index is 109. The number of hydroxylamine groups is 2. The molecule has 0 bridgehead atoms. The molecule has 12 heavy (non-hydrogen) atoms. The molecule has 0 saturated heterocycles. The first-order chi connectivity index (χ1) is 5.37. The summed E-state index contributed by atoms with van der Waals surface area (Å²) in [5, 5.41) is 11.2. The second kappa shape index (κ2) is 4.83. The van der Waals surface area contributed by atoms with Crippen molar-refractivity contribution in [3.05, 3.63) is 0 Å². The molecule has 0 aromatic carbocycles. The van der Waals surface area contributed by atoms with Gasteiger partial charge in [0, 0.05) is 12.1 Å². The Morgan fingerprint density at radius 2 is 1.00 bits per heavy atom. The molecule has 0 fully saturated rings. The summed E-state index contributed by atoms with van der Waals surface area (Å²) in [6.07, 6.45) is 0. The molecule has 0 aliphatic carbocycles. The van der Waals surface area contributed by atoms with E-state index in [-0.39, 0.29) is 12.1 Å². The average Bonchev–Trinajstić information content (AvgIpc) is 2.00. The van der Waals surface area contributed by atoms with E-state index in [0.29, 0.717) is 11.8 Å². The fourth-order valence-corrected chi connectivity index (χ4v) is 0.982. The average molecular weight is 173 g/mol. The molecule has 0 aromatic heterocycles. The van der Waals surface area contributed by atoms with Crippen LogP contribution < -0.4 is 0 Å². The zero-order valence-electron chi connectivity index (χ0n) is 9.20. The summed E-state index contributed by atoms with van der Waals surface area (Å²) in [6, 6.07) is 0.477. The standard InChI is InChI=1S/C10H23NO/c1-7(2)9(5)11(12)10(6)8(3)4/h7-10,12H,1-6H3. The second-order valence-corrected chi connectivity index (χ2v) is 4.35. The Hall–Kier alpha value is -0.0800. The zero-order chi connectivity index (χ0) is 9.89. The van der Waals surface area contributed by atoms with Gasteiger partial charge in [0.1, 0.15) is 0 Å². The van der Waals surface area contributed by atoms with E-state index in [0.717, 1.165) is 0 Å². The van der Waals surface area contributed by atoms with Gasteiger partial charge in [-0.25, -0.2) is 0 Å². The predicted octanol–water partition coefficient (Wildman–Crippen LogP) is 2.77. The van der Waals surface area contributed by atoms with Crippen LogP contribution in [0.1, 0.15) is 41.5 Å². The van der Waals surface area contributed by atoms with Crippen molar-refractivity contribution >= 4 is 0 Å². The van der Waals surface area contributed by atoms with Crippen LogP contribution >= 0.6 is 0 Å². The van der Waals surface area contributed by atoms with Crippen molar-refractivity contribution in [1.82, 2.24) is 5.06 Å². The van der Waals surface area contributed by atoms with Crippen LogP contribution in [-0.2, 0) is 0 Å². The van der Waals surface area contributed by atoms with Gasteiger partial charge in [-0.3, -0.25) is 0 Å². The zero-order valence-corrected chi connectivity index (χ0v) is 9.20. The molecule has 0 spiro atoms. The SMILES string of the molecule is CC(C)C(C)N(O)C(C)C(C)C. The number of nitrogens with zero attached hydrogens (tertiary/aromatic N) is 1. The van der Waals surface area contributed by atoms with Crippen LogP contribution in [0.25, 0.3) is 0 Å². The Morgan fingerprint density at radius 1 is 0.750 bits per heavy atom. The molecule has 0 amide bonds. The molecule has 0 rings (SSSR count). The van der Waals surface area contributed by atoms with Gasteiger partial charge in [0.05, 0.1) is 0 Å². The highest BCUT2D eigenvalue weighted by Gasteiger charge is 2.22. The molecule has 2 unspecified atom stereocenters. The molecule has 0 heterocycles. The Morgan fingerprint density at radius 3 is 1.17 bits per heavy atom. The minimum Gasteiger partial charge on any atom is -0.313 e. The molecular formula is C10H23NO. The van der Waals surface area contributed by atoms with Gasteiger partial charge in [-0.1, -0.05) is 27.7 Å². The molecule has 74 valence electrons. The fourth-order valence-electron chi connectivity index (χ4n) is 0.982. The van der Waals surface area contributed by atoms with Gasteiger partial charge in [-0.05, 0) is 25.7 Å². The maximum atomic E-state index is 9.76. The quantitative estimate of drug-likeness (QED) is 0.661. The van der Waals surface area contributed by atoms with Crippen LogP contribution in [-0.4, -0.2) is 22.4 Å². The summed E-state index contributed by atoms with van der Waals surface area (Å²) in [6.45, 7) is 12.6. The topological polar surface area (TPSA) is 23.5 Å². The van der Waals surface area contributed by atoms with E-state index in [4.69, 9.17) is 0 Å². The predicted molar refractivity (Wildman–Crippen MR) is 52.2 cm³/mol. The van der Waals surface area contributed by atoms with Gasteiger partial charge in [0.15, 0.2) is 0 Å². The third kappa shape index (κ3) is 3.11. The fraction of sp³-hybridized carbons (Fsp3) is 1.00. The lowest BCUT2D eigenvalue weighted by atomic mass is 10.0. The van der Waals surface area contributed by atoms with Gasteiger partial charge in [0.25, 0.3) is 0 Å². The van der Waals surface area contributed by atoms with Gasteiger partial charge in [-0.15, -0.1) is 0 Å². The van der Waals surface area contributed by atoms with E-state index in [1.807, 2.05) is 0 Å². The van der Waals surface area contributed by atoms with Gasteiger partial charge in [-0.2, -0.15) is 5.06 Å². The first-order valence-corrected chi connectivity index (χ1v) is 4.85. The van der Waals surface area contributed by atoms with Crippen LogP contribution in [0.2, 0.25) is 0 Å². The molecule has 1 N–H and O–H groups in total. The number of hydrogen-bond donors (Lipinski definition) is 1. The third-order valence-electron chi connectivity index (χ3n) is 2.76. The van der Waals surface area contributed by atoms with E-state index in [9.17, 15) is 5.21 Å². The van der Waals surface area contributed by atoms with Crippen molar-refractivity contribution in [2.24, 2.45) is 11.8 Å². The third-order valence-corrected chi connectivity index (χ3v) is 2.76. The molecular weight excluding hydrogens is 150 g/mol. The maximum Gasteiger partial charge on any atom is 0.0348 e. The van der Waals surface area contributed by atoms with Crippen molar-refractivity contribution in [2.75, 3.05) is 0 Å². The van der Waals surface area contributed by atoms with Crippen LogP contribution in [0.4, 0.5) is 0 Å². The number of rotatable bonds is 4. The van der Waals surface area contributed by atoms with Crippen molar-refractivity contribution in [3.8, 4) is 0 Å². The van der Waals surface area contributed by atoms with Gasteiger partial charge >= 0.3 is 0 Å². The van der Waals surface area contributed by atoms with E-state index < -0.39 is 0 Å². The van der Waals surface area contributed by atoms with Crippen molar-refractivity contribution in [3.63, 3.8) is 0 Å². The maximum absolute atomic E-state index is 9.76. The van der Waals surface area contributed by atoms with Gasteiger partial charge in [0.2, 0.25) is 0 Å². The first-order valence-electron chi connectivity index (χ1n) is 4.85. The molecule has 0 aromatic rings. The summed E-state index contributed by atoms with van der Waals surface area (Å²) < 4.78 is 0. The summed E-state index contributed by atoms with van der Waals surface area (Å²) in [4.78, 5) is 0. The van der Waals surface area contributed by atoms with E-state index in [2.05, 4.69) is 41.5 Å². The lowest BCUT2D eigenvalue weighted by molar-refractivity contribution is -0.170. The Kier molecular flexibility index (Phi) is 4.80. The monoisotopic (exact) mass is 173 g/mol. The summed E-state index contributed by atoms with van der Waals surface area (Å²) in [7, 11) is 0. The largest absolute Gasteiger partial charge is 0.313 e. The van der Waals surface area contributed by atoms with Crippen LogP contribution in [0, 0.1) is 11.8 Å². The van der Waals surface area contributed by atoms with Crippen LogP contribution in [0.3, 0.4) is 0 Å². The minimum atomic E-state index is 0.238. The highest BCUT2D eigenvalue weighted by molar-refractivity contribution is 4.70. The summed E-state index contributed by atoms with van der Waals surface area (Å²) >= 11 is 0. The molecule has 2 heteroatoms. The highest BCUT2D eigenvalue weighted by atomic mass is 16.5. The summed E-state index contributed by atoms with van der Waals surface area (Å²) in [5.41, 5.74) is 0. The van der Waals surface area contributed by atoms with Crippen LogP contribution in [0.5, 0.6) is 0 Å². The molecule has 0 radical (unpaired) electrons. The van der Waals surface area contributed by atoms with E-state index in [1.165, 1.54) is 5.06 Å². The van der Waals surface area contributed by atoms with Gasteiger partial charge < -0.3 is 5.21 Å². The summed E-state index contributed by atoms with van der Waals surface area (Å²) in [5.74, 6) is 0.993.